The van der Waals surface area contributed by atoms with Crippen LogP contribution >= 0.6 is 0 Å². The number of rotatable bonds is 13. The maximum atomic E-state index is 11.6. The van der Waals surface area contributed by atoms with Crippen molar-refractivity contribution in [3.63, 3.8) is 0 Å². The Balaban J connectivity index is 0.972. The van der Waals surface area contributed by atoms with E-state index >= 15 is 0 Å². The predicted octanol–water partition coefficient (Wildman–Crippen LogP) is 1.57. The van der Waals surface area contributed by atoms with E-state index in [9.17, 15) is 39.6 Å². The van der Waals surface area contributed by atoms with Crippen LogP contribution in [0.3, 0.4) is 0 Å². The van der Waals surface area contributed by atoms with E-state index in [1.165, 1.54) is 0 Å². The van der Waals surface area contributed by atoms with Gasteiger partial charge in [0.15, 0.2) is 0 Å². The summed E-state index contributed by atoms with van der Waals surface area (Å²) in [5, 5.41) is 74.6. The topological polar surface area (TPSA) is 271 Å². The summed E-state index contributed by atoms with van der Waals surface area (Å²) in [6.45, 7) is 2.95. The van der Waals surface area contributed by atoms with Gasteiger partial charge in [0.1, 0.15) is 18.9 Å². The normalized spacial score (nSPS) is 40.0. The molecule has 6 fully saturated rings. The average molecular weight is 763 g/mol. The Morgan fingerprint density at radius 3 is 1.20 bits per heavy atom. The van der Waals surface area contributed by atoms with Crippen molar-refractivity contribution in [2.75, 3.05) is 26.3 Å². The van der Waals surface area contributed by atoms with Crippen LogP contribution in [0.25, 0.3) is 0 Å². The molecule has 19 nitrogen and oxygen atoms in total. The van der Waals surface area contributed by atoms with Crippen LogP contribution in [0.5, 0.6) is 0 Å². The second-order valence-electron chi connectivity index (χ2n) is 16.1. The second kappa shape index (κ2) is 19.1. The maximum Gasteiger partial charge on any atom is 0.306 e. The van der Waals surface area contributed by atoms with Crippen LogP contribution in [-0.2, 0) is 23.9 Å². The molecule has 0 amide bonds. The van der Waals surface area contributed by atoms with Gasteiger partial charge < -0.3 is 25.2 Å². The summed E-state index contributed by atoms with van der Waals surface area (Å²) in [4.78, 5) is 48.7. The van der Waals surface area contributed by atoms with E-state index in [0.29, 0.717) is 38.9 Å². The number of nitrogens with zero attached hydrogens (tertiary/aromatic N) is 5. The lowest BCUT2D eigenvalue weighted by Crippen LogP contribution is -2.79. The van der Waals surface area contributed by atoms with Crippen LogP contribution in [0.4, 0.5) is 0 Å². The Morgan fingerprint density at radius 1 is 0.500 bits per heavy atom. The van der Waals surface area contributed by atoms with Crippen LogP contribution < -0.4 is 26.6 Å². The number of ether oxygens (including phenoxy) is 1. The summed E-state index contributed by atoms with van der Waals surface area (Å²) < 4.78 is 5.61. The van der Waals surface area contributed by atoms with Crippen LogP contribution in [-0.4, -0.2) is 131 Å². The quantitative estimate of drug-likeness (QED) is 0.121. The highest BCUT2D eigenvalue weighted by Crippen LogP contribution is 2.34. The Kier molecular flexibility index (Phi) is 14.3. The van der Waals surface area contributed by atoms with Crippen LogP contribution in [0.1, 0.15) is 89.9 Å². The number of carboxylic acid groups (broad SMARTS) is 4. The standard InChI is InChI=1S/C35H58N10O9/c46-29(47)19-13-20(30(48)49)16-27(15-19)43-41-25-5-1-23(2-6-25)36-33-38-34(40-35(39-33)45-9-11-54-12-10-45)37-24-3-7-26(8-4-24)42-44-28-17-21(31(50)51)14-22(18-28)32(52)53/h19-28,33-40H,1-18H2,(H,46,47)(H,48,49)(H,50,51)(H,52,53). The number of hydrogen-bond donors (Lipinski definition) is 9. The van der Waals surface area contributed by atoms with Gasteiger partial charge in [0.25, 0.3) is 0 Å². The van der Waals surface area contributed by atoms with Crippen molar-refractivity contribution in [3.05, 3.63) is 0 Å². The number of nitrogens with one attached hydrogen (secondary N) is 5. The first kappa shape index (κ1) is 40.5. The van der Waals surface area contributed by atoms with Crippen molar-refractivity contribution in [3.8, 4) is 0 Å². The summed E-state index contributed by atoms with van der Waals surface area (Å²) in [5.74, 6) is -6.72. The number of carbonyl (C=O) groups is 4. The van der Waals surface area contributed by atoms with Crippen molar-refractivity contribution in [1.29, 1.82) is 0 Å². The van der Waals surface area contributed by atoms with Gasteiger partial charge in [-0.05, 0) is 89.9 Å². The molecule has 54 heavy (non-hydrogen) atoms. The van der Waals surface area contributed by atoms with E-state index in [1.807, 2.05) is 0 Å². The Hall–Kier alpha value is -3.20. The van der Waals surface area contributed by atoms with Gasteiger partial charge in [-0.1, -0.05) is 0 Å². The third-order valence-corrected chi connectivity index (χ3v) is 12.1. The molecule has 0 aromatic rings. The van der Waals surface area contributed by atoms with Crippen molar-refractivity contribution in [2.45, 2.75) is 145 Å². The molecule has 6 aliphatic rings. The van der Waals surface area contributed by atoms with Crippen molar-refractivity contribution in [2.24, 2.45) is 44.1 Å². The molecule has 302 valence electrons. The van der Waals surface area contributed by atoms with Crippen molar-refractivity contribution < 1.29 is 44.3 Å². The first-order chi connectivity index (χ1) is 26.0. The van der Waals surface area contributed by atoms with Crippen LogP contribution in [0.2, 0.25) is 0 Å². The molecule has 4 aliphatic carbocycles. The molecule has 4 saturated carbocycles. The molecule has 0 spiro atoms. The minimum atomic E-state index is -0.972. The number of azo groups is 2. The summed E-state index contributed by atoms with van der Waals surface area (Å²) in [6, 6.07) is -0.221. The van der Waals surface area contributed by atoms with Gasteiger partial charge in [-0.2, -0.15) is 20.5 Å². The summed E-state index contributed by atoms with van der Waals surface area (Å²) in [6.07, 6.45) is 8.06. The van der Waals surface area contributed by atoms with Crippen molar-refractivity contribution >= 4 is 23.9 Å². The molecule has 2 saturated heterocycles. The Labute approximate surface area is 314 Å². The molecule has 6 atom stereocenters. The molecule has 2 heterocycles. The molecule has 0 radical (unpaired) electrons. The third kappa shape index (κ3) is 11.4. The lowest BCUT2D eigenvalue weighted by Gasteiger charge is -2.47. The van der Waals surface area contributed by atoms with E-state index in [-0.39, 0.29) is 68.0 Å². The molecule has 0 aromatic heterocycles. The van der Waals surface area contributed by atoms with Gasteiger partial charge in [0.2, 0.25) is 0 Å². The van der Waals surface area contributed by atoms with E-state index in [1.54, 1.807) is 0 Å². The zero-order valence-electron chi connectivity index (χ0n) is 30.8. The van der Waals surface area contributed by atoms with E-state index in [2.05, 4.69) is 51.9 Å². The Bertz CT molecular complexity index is 1220. The SMILES string of the molecule is O=C(O)C1CC(N=NC2CCC(NC3NC(NC4CCC(N=NC5CC(C(=O)O)CC(C(=O)O)C5)CC4)NC(N4CCOCC4)N3)CC2)CC(C(=O)O)C1. The third-order valence-electron chi connectivity index (χ3n) is 12.1. The lowest BCUT2D eigenvalue weighted by atomic mass is 9.79. The predicted molar refractivity (Wildman–Crippen MR) is 191 cm³/mol. The molecule has 9 N–H and O–H groups in total. The zero-order valence-corrected chi connectivity index (χ0v) is 30.8. The highest BCUT2D eigenvalue weighted by Gasteiger charge is 2.39. The summed E-state index contributed by atoms with van der Waals surface area (Å²) >= 11 is 0. The Morgan fingerprint density at radius 2 is 0.852 bits per heavy atom. The van der Waals surface area contributed by atoms with Gasteiger partial charge in [-0.3, -0.25) is 50.7 Å². The highest BCUT2D eigenvalue weighted by molar-refractivity contribution is 5.75. The van der Waals surface area contributed by atoms with Gasteiger partial charge in [0.05, 0.1) is 61.1 Å². The second-order valence-corrected chi connectivity index (χ2v) is 16.1. The molecular weight excluding hydrogens is 704 g/mol. The highest BCUT2D eigenvalue weighted by atomic mass is 16.5. The van der Waals surface area contributed by atoms with Gasteiger partial charge >= 0.3 is 23.9 Å². The molecular formula is C35H58N10O9. The molecule has 0 aromatic carbocycles. The molecule has 6 unspecified atom stereocenters. The molecule has 19 heteroatoms. The molecule has 2 aliphatic heterocycles. The number of morpholine rings is 1. The smallest absolute Gasteiger partial charge is 0.306 e. The minimum absolute atomic E-state index is 0.0293. The van der Waals surface area contributed by atoms with Crippen LogP contribution in [0.15, 0.2) is 20.5 Å². The summed E-state index contributed by atoms with van der Waals surface area (Å²) in [7, 11) is 0. The first-order valence-electron chi connectivity index (χ1n) is 19.8. The maximum absolute atomic E-state index is 11.6. The number of aliphatic carboxylic acids is 4. The van der Waals surface area contributed by atoms with Crippen LogP contribution in [0, 0.1) is 23.7 Å². The number of carboxylic acids is 4. The first-order valence-corrected chi connectivity index (χ1v) is 19.8. The van der Waals surface area contributed by atoms with E-state index < -0.39 is 47.5 Å². The largest absolute Gasteiger partial charge is 0.481 e. The fraction of sp³-hybridized carbons (Fsp3) is 0.886. The van der Waals surface area contributed by atoms with E-state index in [0.717, 1.165) is 64.5 Å². The minimum Gasteiger partial charge on any atom is -0.481 e. The fourth-order valence-corrected chi connectivity index (χ4v) is 9.00. The van der Waals surface area contributed by atoms with E-state index in [4.69, 9.17) is 4.74 Å². The molecule has 6 rings (SSSR count). The fourth-order valence-electron chi connectivity index (χ4n) is 9.00. The molecule has 0 bridgehead atoms. The van der Waals surface area contributed by atoms with Gasteiger partial charge in [-0.25, -0.2) is 0 Å². The average Bonchev–Trinajstić information content (AvgIpc) is 3.17. The number of hydrogen-bond acceptors (Lipinski definition) is 15. The monoisotopic (exact) mass is 762 g/mol. The lowest BCUT2D eigenvalue weighted by molar-refractivity contribution is -0.150. The van der Waals surface area contributed by atoms with Gasteiger partial charge in [-0.15, -0.1) is 0 Å². The summed E-state index contributed by atoms with van der Waals surface area (Å²) in [5.41, 5.74) is 0. The zero-order chi connectivity index (χ0) is 38.2. The van der Waals surface area contributed by atoms with Crippen molar-refractivity contribution in [1.82, 2.24) is 31.5 Å². The van der Waals surface area contributed by atoms with Gasteiger partial charge in [0, 0.05) is 25.2 Å².